The second kappa shape index (κ2) is 7.39. The average Bonchev–Trinajstić information content (AvgIpc) is 2.36. The number of carbonyl (C=O) groups excluding carboxylic acids is 1. The number of aromatic nitrogens is 1. The van der Waals surface area contributed by atoms with Crippen molar-refractivity contribution in [3.8, 4) is 0 Å². The molecule has 0 aliphatic heterocycles. The van der Waals surface area contributed by atoms with Crippen LogP contribution in [-0.2, 0) is 4.79 Å². The maximum Gasteiger partial charge on any atom is 0.319 e. The molecular formula is C11H12ClN3O5. The third-order valence-electron chi connectivity index (χ3n) is 2.41. The summed E-state index contributed by atoms with van der Waals surface area (Å²) in [6.07, 6.45) is 2.09. The molecule has 1 aromatic rings. The number of nitrogens with zero attached hydrogens (tertiary/aromatic N) is 2. The fraction of sp³-hybridized carbons (Fsp3) is 0.364. The van der Waals surface area contributed by atoms with Crippen molar-refractivity contribution in [2.24, 2.45) is 0 Å². The highest BCUT2D eigenvalue weighted by Gasteiger charge is 2.24. The molecule has 2 N–H and O–H groups in total. The molecule has 1 aromatic heterocycles. The van der Waals surface area contributed by atoms with Crippen LogP contribution in [0.3, 0.4) is 0 Å². The Morgan fingerprint density at radius 1 is 1.45 bits per heavy atom. The Morgan fingerprint density at radius 3 is 2.75 bits per heavy atom. The fourth-order valence-corrected chi connectivity index (χ4v) is 1.71. The molecule has 0 atom stereocenters. The number of rotatable bonds is 7. The van der Waals surface area contributed by atoms with Crippen molar-refractivity contribution in [1.29, 1.82) is 0 Å². The molecule has 1 rings (SSSR count). The minimum atomic E-state index is -0.909. The Kier molecular flexibility index (Phi) is 5.85. The first kappa shape index (κ1) is 15.8. The third kappa shape index (κ3) is 4.47. The van der Waals surface area contributed by atoms with Crippen LogP contribution in [0.15, 0.2) is 12.3 Å². The van der Waals surface area contributed by atoms with E-state index in [4.69, 9.17) is 16.7 Å². The van der Waals surface area contributed by atoms with Gasteiger partial charge in [0.05, 0.1) is 4.92 Å². The molecule has 0 aliphatic carbocycles. The van der Waals surface area contributed by atoms with Gasteiger partial charge in [0.1, 0.15) is 5.56 Å². The Balaban J connectivity index is 2.62. The van der Waals surface area contributed by atoms with Crippen molar-refractivity contribution >= 4 is 29.2 Å². The third-order valence-corrected chi connectivity index (χ3v) is 2.69. The Hall–Kier alpha value is -2.22. The SMILES string of the molecule is O=C(O)CCCCNC(=O)c1ccnc(Cl)c1[N+](=O)[O-]. The fourth-order valence-electron chi connectivity index (χ4n) is 1.48. The van der Waals surface area contributed by atoms with Gasteiger partial charge in [0.25, 0.3) is 5.91 Å². The number of aliphatic carboxylic acids is 1. The lowest BCUT2D eigenvalue weighted by molar-refractivity contribution is -0.385. The minimum absolute atomic E-state index is 0.0110. The molecule has 0 saturated carbocycles. The van der Waals surface area contributed by atoms with E-state index in [-0.39, 0.29) is 23.7 Å². The Bertz CT molecular complexity index is 535. The molecule has 0 saturated heterocycles. The van der Waals surface area contributed by atoms with Gasteiger partial charge < -0.3 is 10.4 Å². The van der Waals surface area contributed by atoms with Crippen molar-refractivity contribution in [3.63, 3.8) is 0 Å². The van der Waals surface area contributed by atoms with Gasteiger partial charge in [-0.25, -0.2) is 4.98 Å². The smallest absolute Gasteiger partial charge is 0.319 e. The summed E-state index contributed by atoms with van der Waals surface area (Å²) in [5, 5.41) is 21.4. The number of carboxylic acids is 1. The van der Waals surface area contributed by atoms with Crippen molar-refractivity contribution in [3.05, 3.63) is 33.1 Å². The molecule has 8 nitrogen and oxygen atoms in total. The first-order valence-electron chi connectivity index (χ1n) is 5.72. The van der Waals surface area contributed by atoms with Crippen LogP contribution in [0, 0.1) is 10.1 Å². The summed E-state index contributed by atoms with van der Waals surface area (Å²) in [7, 11) is 0. The summed E-state index contributed by atoms with van der Waals surface area (Å²) in [5.74, 6) is -1.55. The molecule has 0 unspecified atom stereocenters. The number of halogens is 1. The second-order valence-corrected chi connectivity index (χ2v) is 4.22. The molecule has 108 valence electrons. The number of unbranched alkanes of at least 4 members (excludes halogenated alkanes) is 1. The van der Waals surface area contributed by atoms with Crippen molar-refractivity contribution in [2.45, 2.75) is 19.3 Å². The van der Waals surface area contributed by atoms with Gasteiger partial charge in [-0.3, -0.25) is 19.7 Å². The summed E-state index contributed by atoms with van der Waals surface area (Å²) in [5.41, 5.74) is -0.717. The summed E-state index contributed by atoms with van der Waals surface area (Å²) in [4.78, 5) is 35.7. The average molecular weight is 302 g/mol. The number of hydrogen-bond donors (Lipinski definition) is 2. The molecular weight excluding hydrogens is 290 g/mol. The van der Waals surface area contributed by atoms with Crippen LogP contribution < -0.4 is 5.32 Å². The molecule has 1 amide bonds. The molecule has 0 bridgehead atoms. The van der Waals surface area contributed by atoms with Gasteiger partial charge in [-0.2, -0.15) is 0 Å². The number of carbonyl (C=O) groups is 2. The molecule has 20 heavy (non-hydrogen) atoms. The predicted octanol–water partition coefficient (Wildman–Crippen LogP) is 1.63. The van der Waals surface area contributed by atoms with Gasteiger partial charge in [0.15, 0.2) is 0 Å². The van der Waals surface area contributed by atoms with Crippen LogP contribution in [0.1, 0.15) is 29.6 Å². The monoisotopic (exact) mass is 301 g/mol. The highest BCUT2D eigenvalue weighted by atomic mass is 35.5. The molecule has 0 aromatic carbocycles. The predicted molar refractivity (Wildman–Crippen MR) is 69.7 cm³/mol. The highest BCUT2D eigenvalue weighted by molar-refractivity contribution is 6.32. The van der Waals surface area contributed by atoms with Gasteiger partial charge in [-0.15, -0.1) is 0 Å². The number of hydrogen-bond acceptors (Lipinski definition) is 5. The molecule has 1 heterocycles. The van der Waals surface area contributed by atoms with E-state index in [1.165, 1.54) is 12.3 Å². The summed E-state index contributed by atoms with van der Waals surface area (Å²) in [6, 6.07) is 1.20. The van der Waals surface area contributed by atoms with Crippen LogP contribution in [0.25, 0.3) is 0 Å². The molecule has 0 aliphatic rings. The molecule has 9 heteroatoms. The number of nitro groups is 1. The maximum atomic E-state index is 11.8. The van der Waals surface area contributed by atoms with E-state index in [1.54, 1.807) is 0 Å². The largest absolute Gasteiger partial charge is 0.481 e. The zero-order valence-corrected chi connectivity index (χ0v) is 11.1. The summed E-state index contributed by atoms with van der Waals surface area (Å²) >= 11 is 5.59. The standard InChI is InChI=1S/C11H12ClN3O5/c12-10-9(15(19)20)7(4-6-13-10)11(18)14-5-2-1-3-8(16)17/h4,6H,1-3,5H2,(H,14,18)(H,16,17). The lowest BCUT2D eigenvalue weighted by Gasteiger charge is -2.05. The molecule has 0 fully saturated rings. The maximum absolute atomic E-state index is 11.8. The Labute approximate surface area is 118 Å². The van der Waals surface area contributed by atoms with Crippen LogP contribution in [0.5, 0.6) is 0 Å². The van der Waals surface area contributed by atoms with Gasteiger partial charge >= 0.3 is 11.7 Å². The van der Waals surface area contributed by atoms with Crippen LogP contribution in [0.2, 0.25) is 5.15 Å². The van der Waals surface area contributed by atoms with E-state index in [0.29, 0.717) is 12.8 Å². The van der Waals surface area contributed by atoms with Crippen LogP contribution >= 0.6 is 11.6 Å². The van der Waals surface area contributed by atoms with E-state index < -0.39 is 22.5 Å². The molecule has 0 radical (unpaired) electrons. The first-order valence-corrected chi connectivity index (χ1v) is 6.10. The van der Waals surface area contributed by atoms with E-state index in [2.05, 4.69) is 10.3 Å². The van der Waals surface area contributed by atoms with E-state index in [0.717, 1.165) is 0 Å². The quantitative estimate of drug-likeness (QED) is 0.341. The van der Waals surface area contributed by atoms with Gasteiger partial charge in [-0.1, -0.05) is 11.6 Å². The minimum Gasteiger partial charge on any atom is -0.481 e. The van der Waals surface area contributed by atoms with Crippen LogP contribution in [-0.4, -0.2) is 33.4 Å². The van der Waals surface area contributed by atoms with Gasteiger partial charge in [0.2, 0.25) is 5.15 Å². The lowest BCUT2D eigenvalue weighted by Crippen LogP contribution is -2.25. The summed E-state index contributed by atoms with van der Waals surface area (Å²) in [6.45, 7) is 0.225. The molecule has 0 spiro atoms. The van der Waals surface area contributed by atoms with Crippen LogP contribution in [0.4, 0.5) is 5.69 Å². The number of nitrogens with one attached hydrogen (secondary N) is 1. The number of amides is 1. The summed E-state index contributed by atoms with van der Waals surface area (Å²) < 4.78 is 0. The second-order valence-electron chi connectivity index (χ2n) is 3.86. The highest BCUT2D eigenvalue weighted by Crippen LogP contribution is 2.25. The van der Waals surface area contributed by atoms with E-state index in [1.807, 2.05) is 0 Å². The zero-order valence-electron chi connectivity index (χ0n) is 10.3. The topological polar surface area (TPSA) is 122 Å². The van der Waals surface area contributed by atoms with E-state index >= 15 is 0 Å². The number of carboxylic acid groups (broad SMARTS) is 1. The van der Waals surface area contributed by atoms with Crippen molar-refractivity contribution in [2.75, 3.05) is 6.54 Å². The van der Waals surface area contributed by atoms with Crippen molar-refractivity contribution < 1.29 is 19.6 Å². The number of pyridine rings is 1. The van der Waals surface area contributed by atoms with Gasteiger partial charge in [-0.05, 0) is 18.9 Å². The van der Waals surface area contributed by atoms with E-state index in [9.17, 15) is 19.7 Å². The zero-order chi connectivity index (χ0) is 15.1. The van der Waals surface area contributed by atoms with Gasteiger partial charge in [0, 0.05) is 19.2 Å². The van der Waals surface area contributed by atoms with Crippen molar-refractivity contribution in [1.82, 2.24) is 10.3 Å². The first-order chi connectivity index (χ1) is 9.43. The lowest BCUT2D eigenvalue weighted by atomic mass is 10.2. The normalized spacial score (nSPS) is 10.1. The Morgan fingerprint density at radius 2 is 2.15 bits per heavy atom.